The van der Waals surface area contributed by atoms with E-state index in [-0.39, 0.29) is 12.5 Å². The summed E-state index contributed by atoms with van der Waals surface area (Å²) in [5.74, 6) is -1.06. The third-order valence-electron chi connectivity index (χ3n) is 2.96. The lowest BCUT2D eigenvalue weighted by molar-refractivity contribution is -0.142. The number of aliphatic carboxylic acids is 1. The van der Waals surface area contributed by atoms with Crippen molar-refractivity contribution < 1.29 is 15.0 Å². The molecule has 1 aromatic rings. The molecule has 2 N–H and O–H groups in total. The molecule has 0 aliphatic rings. The lowest BCUT2D eigenvalue weighted by Crippen LogP contribution is -2.16. The zero-order valence-electron chi connectivity index (χ0n) is 10.3. The average molecular weight is 315 g/mol. The highest BCUT2D eigenvalue weighted by atomic mass is 79.9. The van der Waals surface area contributed by atoms with Crippen LogP contribution in [-0.4, -0.2) is 22.8 Å². The third kappa shape index (κ3) is 5.65. The largest absolute Gasteiger partial charge is 0.481 e. The monoisotopic (exact) mass is 314 g/mol. The van der Waals surface area contributed by atoms with E-state index in [2.05, 4.69) is 15.9 Å². The van der Waals surface area contributed by atoms with E-state index in [0.29, 0.717) is 12.8 Å². The van der Waals surface area contributed by atoms with E-state index in [1.54, 1.807) is 0 Å². The van der Waals surface area contributed by atoms with E-state index >= 15 is 0 Å². The molecule has 1 rings (SSSR count). The maximum Gasteiger partial charge on any atom is 0.306 e. The van der Waals surface area contributed by atoms with Crippen LogP contribution in [0.1, 0.15) is 31.2 Å². The van der Waals surface area contributed by atoms with Gasteiger partial charge in [-0.3, -0.25) is 4.79 Å². The summed E-state index contributed by atoms with van der Waals surface area (Å²) >= 11 is 3.36. The molecular formula is C14H19BrO3. The van der Waals surface area contributed by atoms with Crippen LogP contribution in [0.2, 0.25) is 0 Å². The van der Waals surface area contributed by atoms with E-state index in [1.807, 2.05) is 24.3 Å². The van der Waals surface area contributed by atoms with Crippen molar-refractivity contribution in [2.45, 2.75) is 32.1 Å². The van der Waals surface area contributed by atoms with Gasteiger partial charge in [0.1, 0.15) is 0 Å². The number of carboxylic acid groups (broad SMARTS) is 1. The van der Waals surface area contributed by atoms with Crippen LogP contribution in [-0.2, 0) is 11.2 Å². The van der Waals surface area contributed by atoms with E-state index in [1.165, 1.54) is 0 Å². The number of benzene rings is 1. The van der Waals surface area contributed by atoms with Gasteiger partial charge in [0.15, 0.2) is 0 Å². The molecule has 0 aliphatic carbocycles. The van der Waals surface area contributed by atoms with E-state index in [4.69, 9.17) is 5.11 Å². The van der Waals surface area contributed by atoms with Crippen molar-refractivity contribution in [2.75, 3.05) is 6.61 Å². The number of halogens is 1. The second kappa shape index (κ2) is 8.27. The van der Waals surface area contributed by atoms with Crippen molar-refractivity contribution in [1.29, 1.82) is 0 Å². The van der Waals surface area contributed by atoms with Crippen molar-refractivity contribution in [3.05, 3.63) is 34.3 Å². The summed E-state index contributed by atoms with van der Waals surface area (Å²) in [5.41, 5.74) is 1.05. The quantitative estimate of drug-likeness (QED) is 0.724. The number of carbonyl (C=O) groups is 1. The molecule has 0 heterocycles. The summed E-state index contributed by atoms with van der Waals surface area (Å²) in [4.78, 5) is 11.2. The van der Waals surface area contributed by atoms with Gasteiger partial charge >= 0.3 is 5.97 Å². The molecule has 0 fully saturated rings. The third-order valence-corrected chi connectivity index (χ3v) is 3.48. The predicted octanol–water partition coefficient (Wildman–Crippen LogP) is 3.25. The Labute approximate surface area is 116 Å². The Hall–Kier alpha value is -0.870. The van der Waals surface area contributed by atoms with E-state index in [0.717, 1.165) is 29.3 Å². The molecule has 0 saturated carbocycles. The standard InChI is InChI=1S/C14H19BrO3/c15-13-7-5-11(6-8-13)10-12(14(17)18)4-2-1-3-9-16/h5-8,12,16H,1-4,9-10H2,(H,17,18). The van der Waals surface area contributed by atoms with E-state index < -0.39 is 5.97 Å². The minimum Gasteiger partial charge on any atom is -0.481 e. The molecule has 0 aromatic heterocycles. The Morgan fingerprint density at radius 3 is 2.39 bits per heavy atom. The molecule has 4 heteroatoms. The van der Waals surface area contributed by atoms with Crippen molar-refractivity contribution in [3.8, 4) is 0 Å². The highest BCUT2D eigenvalue weighted by molar-refractivity contribution is 9.10. The average Bonchev–Trinajstić information content (AvgIpc) is 2.35. The summed E-state index contributed by atoms with van der Waals surface area (Å²) in [6.07, 6.45) is 3.74. The van der Waals surface area contributed by atoms with Crippen LogP contribution in [0.3, 0.4) is 0 Å². The summed E-state index contributed by atoms with van der Waals surface area (Å²) in [6, 6.07) is 7.77. The van der Waals surface area contributed by atoms with Gasteiger partial charge in [-0.25, -0.2) is 0 Å². The fourth-order valence-electron chi connectivity index (χ4n) is 1.90. The summed E-state index contributed by atoms with van der Waals surface area (Å²) in [7, 11) is 0. The Morgan fingerprint density at radius 2 is 1.83 bits per heavy atom. The lowest BCUT2D eigenvalue weighted by atomic mass is 9.94. The Morgan fingerprint density at radius 1 is 1.17 bits per heavy atom. The van der Waals surface area contributed by atoms with Crippen molar-refractivity contribution >= 4 is 21.9 Å². The Kier molecular flexibility index (Phi) is 6.98. The van der Waals surface area contributed by atoms with Crippen LogP contribution in [0, 0.1) is 5.92 Å². The number of hydrogen-bond donors (Lipinski definition) is 2. The molecule has 1 unspecified atom stereocenters. The molecule has 100 valence electrons. The van der Waals surface area contributed by atoms with Crippen molar-refractivity contribution in [1.82, 2.24) is 0 Å². The molecule has 1 aromatic carbocycles. The summed E-state index contributed by atoms with van der Waals surface area (Å²) < 4.78 is 1.00. The SMILES string of the molecule is O=C(O)C(CCCCCO)Cc1ccc(Br)cc1. The first kappa shape index (κ1) is 15.2. The number of aliphatic hydroxyl groups excluding tert-OH is 1. The van der Waals surface area contributed by atoms with Crippen LogP contribution >= 0.6 is 15.9 Å². The highest BCUT2D eigenvalue weighted by Gasteiger charge is 2.17. The van der Waals surface area contributed by atoms with Gasteiger partial charge in [0.05, 0.1) is 5.92 Å². The lowest BCUT2D eigenvalue weighted by Gasteiger charge is -2.12. The zero-order chi connectivity index (χ0) is 13.4. The van der Waals surface area contributed by atoms with Gasteiger partial charge in [0, 0.05) is 11.1 Å². The van der Waals surface area contributed by atoms with Gasteiger partial charge in [-0.2, -0.15) is 0 Å². The van der Waals surface area contributed by atoms with Crippen molar-refractivity contribution in [2.24, 2.45) is 5.92 Å². The second-order valence-electron chi connectivity index (χ2n) is 4.44. The molecule has 1 atom stereocenters. The van der Waals surface area contributed by atoms with Gasteiger partial charge in [0.25, 0.3) is 0 Å². The number of rotatable bonds is 8. The van der Waals surface area contributed by atoms with Gasteiger partial charge in [-0.15, -0.1) is 0 Å². The first-order chi connectivity index (χ1) is 8.63. The molecule has 0 saturated heterocycles. The molecule has 3 nitrogen and oxygen atoms in total. The van der Waals surface area contributed by atoms with Gasteiger partial charge in [0.2, 0.25) is 0 Å². The van der Waals surface area contributed by atoms with Crippen LogP contribution in [0.15, 0.2) is 28.7 Å². The van der Waals surface area contributed by atoms with Crippen molar-refractivity contribution in [3.63, 3.8) is 0 Å². The minimum absolute atomic E-state index is 0.185. The Bertz CT molecular complexity index is 362. The van der Waals surface area contributed by atoms with Gasteiger partial charge < -0.3 is 10.2 Å². The van der Waals surface area contributed by atoms with Crippen LogP contribution in [0.5, 0.6) is 0 Å². The molecule has 0 radical (unpaired) electrons. The maximum absolute atomic E-state index is 11.2. The fourth-order valence-corrected chi connectivity index (χ4v) is 2.16. The smallest absolute Gasteiger partial charge is 0.306 e. The first-order valence-electron chi connectivity index (χ1n) is 6.21. The van der Waals surface area contributed by atoms with E-state index in [9.17, 15) is 9.90 Å². The van der Waals surface area contributed by atoms with Crippen LogP contribution in [0.4, 0.5) is 0 Å². The maximum atomic E-state index is 11.2. The molecule has 18 heavy (non-hydrogen) atoms. The minimum atomic E-state index is -0.734. The normalized spacial score (nSPS) is 12.3. The molecule has 0 aliphatic heterocycles. The predicted molar refractivity (Wildman–Crippen MR) is 74.5 cm³/mol. The number of hydrogen-bond acceptors (Lipinski definition) is 2. The summed E-state index contributed by atoms with van der Waals surface area (Å²) in [6.45, 7) is 0.185. The summed E-state index contributed by atoms with van der Waals surface area (Å²) in [5, 5.41) is 17.9. The second-order valence-corrected chi connectivity index (χ2v) is 5.35. The Balaban J connectivity index is 2.47. The van der Waals surface area contributed by atoms with Gasteiger partial charge in [-0.05, 0) is 37.0 Å². The van der Waals surface area contributed by atoms with Crippen LogP contribution < -0.4 is 0 Å². The number of unbranched alkanes of at least 4 members (excludes halogenated alkanes) is 2. The van der Waals surface area contributed by atoms with Crippen LogP contribution in [0.25, 0.3) is 0 Å². The fraction of sp³-hybridized carbons (Fsp3) is 0.500. The molecule has 0 bridgehead atoms. The molecule has 0 spiro atoms. The highest BCUT2D eigenvalue weighted by Crippen LogP contribution is 2.18. The zero-order valence-corrected chi connectivity index (χ0v) is 11.9. The topological polar surface area (TPSA) is 57.5 Å². The number of aliphatic hydroxyl groups is 1. The number of carboxylic acids is 1. The molecule has 0 amide bonds. The van der Waals surface area contributed by atoms with Gasteiger partial charge in [-0.1, -0.05) is 40.9 Å². The molecular weight excluding hydrogens is 296 g/mol. The first-order valence-corrected chi connectivity index (χ1v) is 7.01.